The summed E-state index contributed by atoms with van der Waals surface area (Å²) >= 11 is 1.53. The van der Waals surface area contributed by atoms with Crippen LogP contribution in [0.1, 0.15) is 22.5 Å². The van der Waals surface area contributed by atoms with Crippen LogP contribution in [0.4, 0.5) is 5.13 Å². The molecule has 4 aromatic rings. The van der Waals surface area contributed by atoms with Gasteiger partial charge in [-0.15, -0.1) is 0 Å². The van der Waals surface area contributed by atoms with Crippen molar-refractivity contribution in [2.24, 2.45) is 0 Å². The van der Waals surface area contributed by atoms with Crippen LogP contribution in [0.3, 0.4) is 0 Å². The first kappa shape index (κ1) is 19.2. The number of carbonyl (C=O) groups excluding carboxylic acids is 1. The number of aromatic nitrogens is 1. The van der Waals surface area contributed by atoms with Gasteiger partial charge < -0.3 is 9.15 Å². The quantitative estimate of drug-likeness (QED) is 0.436. The monoisotopic (exact) mass is 406 g/mol. The molecule has 0 spiro atoms. The topological polar surface area (TPSA) is 55.6 Å². The van der Waals surface area contributed by atoms with E-state index < -0.39 is 0 Å². The number of thiazole rings is 1. The van der Waals surface area contributed by atoms with Gasteiger partial charge in [-0.25, -0.2) is 4.98 Å². The Labute approximate surface area is 173 Å². The molecule has 0 N–H and O–H groups in total. The van der Waals surface area contributed by atoms with Crippen LogP contribution in [0.15, 0.2) is 59.2 Å². The number of furan rings is 1. The van der Waals surface area contributed by atoms with Gasteiger partial charge in [0.05, 0.1) is 36.6 Å². The molecule has 29 heavy (non-hydrogen) atoms. The fourth-order valence-electron chi connectivity index (χ4n) is 3.12. The van der Waals surface area contributed by atoms with Crippen LogP contribution < -0.4 is 9.64 Å². The van der Waals surface area contributed by atoms with Crippen molar-refractivity contribution in [1.82, 2.24) is 4.98 Å². The normalized spacial score (nSPS) is 11.0. The average molecular weight is 407 g/mol. The molecule has 0 saturated carbocycles. The second-order valence-electron chi connectivity index (χ2n) is 6.98. The molecule has 4 rings (SSSR count). The molecule has 2 heterocycles. The number of methoxy groups -OCH3 is 1. The van der Waals surface area contributed by atoms with Crippen molar-refractivity contribution < 1.29 is 13.9 Å². The molecular weight excluding hydrogens is 384 g/mol. The van der Waals surface area contributed by atoms with Crippen molar-refractivity contribution in [3.05, 3.63) is 77.2 Å². The molecule has 0 saturated heterocycles. The molecule has 0 atom stereocenters. The number of hydrogen-bond acceptors (Lipinski definition) is 5. The third-order valence-corrected chi connectivity index (χ3v) is 5.97. The predicted molar refractivity (Wildman–Crippen MR) is 116 cm³/mol. The SMILES string of the molecule is COc1ccc(CC(=O)N(Cc2ccco2)c2nc3cc(C)c(C)cc3s2)cc1. The number of fused-ring (bicyclic) bond motifs is 1. The van der Waals surface area contributed by atoms with Gasteiger partial charge in [0.2, 0.25) is 5.91 Å². The summed E-state index contributed by atoms with van der Waals surface area (Å²) in [6, 6.07) is 15.4. The summed E-state index contributed by atoms with van der Waals surface area (Å²) in [6.45, 7) is 4.51. The molecule has 6 heteroatoms. The number of benzene rings is 2. The Morgan fingerprint density at radius 2 is 1.90 bits per heavy atom. The maximum absolute atomic E-state index is 13.2. The summed E-state index contributed by atoms with van der Waals surface area (Å²) in [4.78, 5) is 19.7. The molecule has 0 radical (unpaired) electrons. The van der Waals surface area contributed by atoms with Crippen molar-refractivity contribution in [1.29, 1.82) is 0 Å². The van der Waals surface area contributed by atoms with Crippen molar-refractivity contribution in [2.45, 2.75) is 26.8 Å². The number of amides is 1. The van der Waals surface area contributed by atoms with Gasteiger partial charge in [-0.1, -0.05) is 23.5 Å². The molecule has 0 aliphatic carbocycles. The summed E-state index contributed by atoms with van der Waals surface area (Å²) in [7, 11) is 1.63. The van der Waals surface area contributed by atoms with Crippen LogP contribution in [0.2, 0.25) is 0 Å². The van der Waals surface area contributed by atoms with E-state index in [-0.39, 0.29) is 12.3 Å². The molecule has 148 valence electrons. The summed E-state index contributed by atoms with van der Waals surface area (Å²) in [5, 5.41) is 0.680. The van der Waals surface area contributed by atoms with E-state index in [1.165, 1.54) is 22.5 Å². The van der Waals surface area contributed by atoms with Gasteiger partial charge in [0, 0.05) is 0 Å². The van der Waals surface area contributed by atoms with E-state index in [2.05, 4.69) is 26.0 Å². The molecule has 5 nitrogen and oxygen atoms in total. The van der Waals surface area contributed by atoms with Gasteiger partial charge in [0.15, 0.2) is 5.13 Å². The molecular formula is C23H22N2O3S. The third-order valence-electron chi connectivity index (χ3n) is 4.93. The first-order valence-electron chi connectivity index (χ1n) is 9.37. The molecule has 0 fully saturated rings. The minimum absolute atomic E-state index is 0.0286. The molecule has 0 bridgehead atoms. The molecule has 0 aliphatic rings. The first-order chi connectivity index (χ1) is 14.0. The second kappa shape index (κ2) is 8.09. The summed E-state index contributed by atoms with van der Waals surface area (Å²) < 4.78 is 11.8. The molecule has 2 aromatic heterocycles. The van der Waals surface area contributed by atoms with Gasteiger partial charge in [-0.3, -0.25) is 9.69 Å². The largest absolute Gasteiger partial charge is 0.497 e. The van der Waals surface area contributed by atoms with Crippen molar-refractivity contribution in [2.75, 3.05) is 12.0 Å². The van der Waals surface area contributed by atoms with E-state index in [4.69, 9.17) is 14.1 Å². The minimum atomic E-state index is -0.0286. The Morgan fingerprint density at radius 1 is 1.14 bits per heavy atom. The lowest BCUT2D eigenvalue weighted by atomic mass is 10.1. The maximum atomic E-state index is 13.2. The molecule has 0 unspecified atom stereocenters. The Bertz CT molecular complexity index is 1090. The number of carbonyl (C=O) groups is 1. The molecule has 2 aromatic carbocycles. The van der Waals surface area contributed by atoms with Crippen molar-refractivity contribution in [3.63, 3.8) is 0 Å². The van der Waals surface area contributed by atoms with Gasteiger partial charge >= 0.3 is 0 Å². The van der Waals surface area contributed by atoms with E-state index in [1.807, 2.05) is 36.4 Å². The number of nitrogens with zero attached hydrogens (tertiary/aromatic N) is 2. The second-order valence-corrected chi connectivity index (χ2v) is 7.99. The van der Waals surface area contributed by atoms with E-state index in [0.717, 1.165) is 27.3 Å². The standard InChI is InChI=1S/C23H22N2O3S/c1-15-11-20-21(12-16(15)2)29-23(24-20)25(14-19-5-4-10-28-19)22(26)13-17-6-8-18(27-3)9-7-17/h4-12H,13-14H2,1-3H3. The number of hydrogen-bond donors (Lipinski definition) is 0. The summed E-state index contributed by atoms with van der Waals surface area (Å²) in [5.74, 6) is 1.46. The lowest BCUT2D eigenvalue weighted by Gasteiger charge is -2.19. The Hall–Kier alpha value is -3.12. The maximum Gasteiger partial charge on any atom is 0.233 e. The highest BCUT2D eigenvalue weighted by molar-refractivity contribution is 7.22. The Balaban J connectivity index is 1.66. The number of aryl methyl sites for hydroxylation is 2. The lowest BCUT2D eigenvalue weighted by Crippen LogP contribution is -2.31. The highest BCUT2D eigenvalue weighted by Gasteiger charge is 2.22. The highest BCUT2D eigenvalue weighted by atomic mass is 32.1. The highest BCUT2D eigenvalue weighted by Crippen LogP contribution is 2.32. The van der Waals surface area contributed by atoms with Gasteiger partial charge in [0.25, 0.3) is 0 Å². The summed E-state index contributed by atoms with van der Waals surface area (Å²) in [6.07, 6.45) is 1.89. The predicted octanol–water partition coefficient (Wildman–Crippen LogP) is 5.29. The lowest BCUT2D eigenvalue weighted by molar-refractivity contribution is -0.118. The van der Waals surface area contributed by atoms with Gasteiger partial charge in [-0.2, -0.15) is 0 Å². The zero-order valence-electron chi connectivity index (χ0n) is 16.6. The zero-order valence-corrected chi connectivity index (χ0v) is 17.5. The van der Waals surface area contributed by atoms with Gasteiger partial charge in [0.1, 0.15) is 11.5 Å². The van der Waals surface area contributed by atoms with Crippen LogP contribution in [0, 0.1) is 13.8 Å². The molecule has 1 amide bonds. The number of rotatable bonds is 6. The smallest absolute Gasteiger partial charge is 0.233 e. The average Bonchev–Trinajstić information content (AvgIpc) is 3.36. The fraction of sp³-hybridized carbons (Fsp3) is 0.217. The van der Waals surface area contributed by atoms with Crippen LogP contribution in [0.25, 0.3) is 10.2 Å². The number of anilines is 1. The summed E-state index contributed by atoms with van der Waals surface area (Å²) in [5.41, 5.74) is 4.24. The van der Waals surface area contributed by atoms with Crippen molar-refractivity contribution in [3.8, 4) is 5.75 Å². The van der Waals surface area contributed by atoms with Crippen LogP contribution in [-0.4, -0.2) is 18.0 Å². The minimum Gasteiger partial charge on any atom is -0.497 e. The Morgan fingerprint density at radius 3 is 2.59 bits per heavy atom. The van der Waals surface area contributed by atoms with Crippen LogP contribution in [0.5, 0.6) is 5.75 Å². The first-order valence-corrected chi connectivity index (χ1v) is 10.2. The van der Waals surface area contributed by atoms with Crippen molar-refractivity contribution >= 4 is 32.6 Å². The fourth-order valence-corrected chi connectivity index (χ4v) is 4.18. The van der Waals surface area contributed by atoms with E-state index in [9.17, 15) is 4.79 Å². The van der Waals surface area contributed by atoms with Gasteiger partial charge in [-0.05, 0) is 66.9 Å². The zero-order chi connectivity index (χ0) is 20.4. The number of ether oxygens (including phenoxy) is 1. The van der Waals surface area contributed by atoms with Crippen LogP contribution in [-0.2, 0) is 17.8 Å². The third kappa shape index (κ3) is 4.17. The van der Waals surface area contributed by atoms with Crippen LogP contribution >= 0.6 is 11.3 Å². The molecule has 0 aliphatic heterocycles. The van der Waals surface area contributed by atoms with E-state index >= 15 is 0 Å². The van der Waals surface area contributed by atoms with E-state index in [1.54, 1.807) is 18.3 Å². The van der Waals surface area contributed by atoms with E-state index in [0.29, 0.717) is 11.7 Å². The Kier molecular flexibility index (Phi) is 5.36.